The van der Waals surface area contributed by atoms with E-state index in [0.717, 1.165) is 19.4 Å². The summed E-state index contributed by atoms with van der Waals surface area (Å²) < 4.78 is 22.4. The number of nitrogens with two attached hydrogens (primary N) is 1. The fourth-order valence-corrected chi connectivity index (χ4v) is 3.81. The molecule has 2 fully saturated rings. The minimum Gasteiger partial charge on any atom is -0.338 e. The van der Waals surface area contributed by atoms with E-state index in [-0.39, 0.29) is 18.1 Å². The van der Waals surface area contributed by atoms with Gasteiger partial charge < -0.3 is 10.6 Å². The van der Waals surface area contributed by atoms with Gasteiger partial charge in [0.15, 0.2) is 0 Å². The molecule has 0 spiro atoms. The second kappa shape index (κ2) is 7.09. The van der Waals surface area contributed by atoms with Crippen molar-refractivity contribution in [3.63, 3.8) is 0 Å². The number of carbonyl (C=O) groups is 1. The fraction of sp³-hybridized carbons (Fsp3) is 0.933. The lowest BCUT2D eigenvalue weighted by Gasteiger charge is -2.31. The summed E-state index contributed by atoms with van der Waals surface area (Å²) in [6.45, 7) is 0.816. The van der Waals surface area contributed by atoms with Gasteiger partial charge in [0, 0.05) is 18.8 Å². The molecule has 0 aliphatic heterocycles. The maximum Gasteiger partial charge on any atom is 0.239 e. The molecule has 5 nitrogen and oxygen atoms in total. The highest BCUT2D eigenvalue weighted by molar-refractivity contribution is 7.90. The molecule has 0 saturated heterocycles. The van der Waals surface area contributed by atoms with Gasteiger partial charge in [0.2, 0.25) is 5.91 Å². The normalized spacial score (nSPS) is 22.0. The van der Waals surface area contributed by atoms with Gasteiger partial charge in [-0.15, -0.1) is 0 Å². The third kappa shape index (κ3) is 5.58. The molecule has 0 bridgehead atoms. The molecule has 122 valence electrons. The largest absolute Gasteiger partial charge is 0.338 e. The average molecular weight is 316 g/mol. The summed E-state index contributed by atoms with van der Waals surface area (Å²) in [5, 5.41) is 0. The Morgan fingerprint density at radius 3 is 2.33 bits per heavy atom. The van der Waals surface area contributed by atoms with Crippen molar-refractivity contribution in [3.8, 4) is 0 Å². The third-order valence-corrected chi connectivity index (χ3v) is 5.54. The first-order valence-electron chi connectivity index (χ1n) is 8.10. The molecular weight excluding hydrogens is 288 g/mol. The smallest absolute Gasteiger partial charge is 0.239 e. The van der Waals surface area contributed by atoms with Crippen molar-refractivity contribution >= 4 is 15.7 Å². The molecule has 2 aliphatic carbocycles. The van der Waals surface area contributed by atoms with E-state index in [0.29, 0.717) is 12.0 Å². The zero-order valence-electron chi connectivity index (χ0n) is 13.0. The Kier molecular flexibility index (Phi) is 5.66. The van der Waals surface area contributed by atoms with Crippen LogP contribution in [0, 0.1) is 5.92 Å². The molecule has 1 amide bonds. The quantitative estimate of drug-likeness (QED) is 0.768. The summed E-state index contributed by atoms with van der Waals surface area (Å²) in [5.74, 6) is 0.541. The predicted octanol–water partition coefficient (Wildman–Crippen LogP) is 1.32. The lowest BCUT2D eigenvalue weighted by atomic mass is 9.88. The lowest BCUT2D eigenvalue weighted by Crippen LogP contribution is -2.47. The molecule has 21 heavy (non-hydrogen) atoms. The van der Waals surface area contributed by atoms with Crippen LogP contribution < -0.4 is 5.73 Å². The number of rotatable bonds is 7. The summed E-state index contributed by atoms with van der Waals surface area (Å²) in [4.78, 5) is 14.5. The Hall–Kier alpha value is -0.620. The number of hydrogen-bond acceptors (Lipinski definition) is 4. The molecule has 2 N–H and O–H groups in total. The summed E-state index contributed by atoms with van der Waals surface area (Å²) in [5.41, 5.74) is 5.94. The number of sulfone groups is 1. The standard InChI is InChI=1S/C15H28N2O3S/c1-21(19,20)10-9-14(16)15(18)17(13-7-8-13)11-12-5-3-2-4-6-12/h12-14H,2-11,16H2,1H3. The van der Waals surface area contributed by atoms with Crippen LogP contribution in [0.5, 0.6) is 0 Å². The Morgan fingerprint density at radius 1 is 1.19 bits per heavy atom. The molecular formula is C15H28N2O3S. The molecule has 0 aromatic heterocycles. The predicted molar refractivity (Wildman–Crippen MR) is 83.6 cm³/mol. The van der Waals surface area contributed by atoms with Gasteiger partial charge in [0.25, 0.3) is 0 Å². The molecule has 2 saturated carbocycles. The number of carbonyl (C=O) groups excluding carboxylic acids is 1. The Balaban J connectivity index is 1.88. The Bertz CT molecular complexity index is 454. The van der Waals surface area contributed by atoms with Crippen LogP contribution in [0.2, 0.25) is 0 Å². The first-order valence-corrected chi connectivity index (χ1v) is 10.2. The van der Waals surface area contributed by atoms with E-state index >= 15 is 0 Å². The maximum atomic E-state index is 12.5. The summed E-state index contributed by atoms with van der Waals surface area (Å²) in [6, 6.07) is -0.326. The maximum absolute atomic E-state index is 12.5. The number of amides is 1. The van der Waals surface area contributed by atoms with Crippen molar-refractivity contribution in [1.29, 1.82) is 0 Å². The third-order valence-electron chi connectivity index (χ3n) is 4.57. The van der Waals surface area contributed by atoms with E-state index in [2.05, 4.69) is 0 Å². The van der Waals surface area contributed by atoms with Gasteiger partial charge >= 0.3 is 0 Å². The van der Waals surface area contributed by atoms with Crippen LogP contribution in [0.25, 0.3) is 0 Å². The SMILES string of the molecule is CS(=O)(=O)CCC(N)C(=O)N(CC1CCCCC1)C1CC1. The molecule has 2 aliphatic rings. The van der Waals surface area contributed by atoms with Crippen LogP contribution >= 0.6 is 0 Å². The zero-order valence-corrected chi connectivity index (χ0v) is 13.8. The highest BCUT2D eigenvalue weighted by Crippen LogP contribution is 2.31. The minimum atomic E-state index is -3.06. The van der Waals surface area contributed by atoms with Crippen molar-refractivity contribution in [2.45, 2.75) is 63.5 Å². The first-order chi connectivity index (χ1) is 9.87. The van der Waals surface area contributed by atoms with Crippen LogP contribution in [0.4, 0.5) is 0 Å². The van der Waals surface area contributed by atoms with Gasteiger partial charge in [-0.25, -0.2) is 8.42 Å². The number of nitrogens with zero attached hydrogens (tertiary/aromatic N) is 1. The van der Waals surface area contributed by atoms with Gasteiger partial charge in [-0.3, -0.25) is 4.79 Å². The van der Waals surface area contributed by atoms with E-state index in [1.165, 1.54) is 38.4 Å². The fourth-order valence-electron chi connectivity index (χ4n) is 3.13. The van der Waals surface area contributed by atoms with Crippen LogP contribution in [0.1, 0.15) is 51.4 Å². The minimum absolute atomic E-state index is 0.0121. The van der Waals surface area contributed by atoms with E-state index < -0.39 is 15.9 Å². The Labute approximate surface area is 128 Å². The molecule has 0 aromatic rings. The molecule has 0 radical (unpaired) electrons. The molecule has 0 aromatic carbocycles. The van der Waals surface area contributed by atoms with Crippen molar-refractivity contribution in [1.82, 2.24) is 4.90 Å². The highest BCUT2D eigenvalue weighted by Gasteiger charge is 2.36. The summed E-state index contributed by atoms with van der Waals surface area (Å²) in [6.07, 6.45) is 9.78. The van der Waals surface area contributed by atoms with Crippen LogP contribution in [-0.2, 0) is 14.6 Å². The van der Waals surface area contributed by atoms with Crippen LogP contribution in [0.3, 0.4) is 0 Å². The van der Waals surface area contributed by atoms with Crippen molar-refractivity contribution in [2.24, 2.45) is 11.7 Å². The molecule has 1 atom stereocenters. The van der Waals surface area contributed by atoms with Gasteiger partial charge in [0.05, 0.1) is 11.8 Å². The highest BCUT2D eigenvalue weighted by atomic mass is 32.2. The van der Waals surface area contributed by atoms with Gasteiger partial charge in [-0.2, -0.15) is 0 Å². The molecule has 2 rings (SSSR count). The van der Waals surface area contributed by atoms with Gasteiger partial charge in [-0.05, 0) is 38.0 Å². The summed E-state index contributed by atoms with van der Waals surface area (Å²) >= 11 is 0. The first kappa shape index (κ1) is 16.7. The Morgan fingerprint density at radius 2 is 1.81 bits per heavy atom. The van der Waals surface area contributed by atoms with Crippen molar-refractivity contribution < 1.29 is 13.2 Å². The monoisotopic (exact) mass is 316 g/mol. The van der Waals surface area contributed by atoms with E-state index in [1.807, 2.05) is 4.90 Å². The van der Waals surface area contributed by atoms with E-state index in [4.69, 9.17) is 5.73 Å². The number of hydrogen-bond donors (Lipinski definition) is 1. The topological polar surface area (TPSA) is 80.5 Å². The van der Waals surface area contributed by atoms with Crippen molar-refractivity contribution in [3.05, 3.63) is 0 Å². The lowest BCUT2D eigenvalue weighted by molar-refractivity contribution is -0.134. The molecule has 1 unspecified atom stereocenters. The van der Waals surface area contributed by atoms with E-state index in [9.17, 15) is 13.2 Å². The van der Waals surface area contributed by atoms with Gasteiger partial charge in [-0.1, -0.05) is 19.3 Å². The second-order valence-electron chi connectivity index (χ2n) is 6.75. The van der Waals surface area contributed by atoms with Gasteiger partial charge in [0.1, 0.15) is 9.84 Å². The molecule has 0 heterocycles. The van der Waals surface area contributed by atoms with Crippen molar-refractivity contribution in [2.75, 3.05) is 18.6 Å². The van der Waals surface area contributed by atoms with E-state index in [1.54, 1.807) is 0 Å². The summed E-state index contributed by atoms with van der Waals surface area (Å²) in [7, 11) is -3.06. The zero-order chi connectivity index (χ0) is 15.5. The average Bonchev–Trinajstić information content (AvgIpc) is 3.26. The second-order valence-corrected chi connectivity index (χ2v) is 9.01. The van der Waals surface area contributed by atoms with Crippen LogP contribution in [-0.4, -0.2) is 49.9 Å². The van der Waals surface area contributed by atoms with Crippen LogP contribution in [0.15, 0.2) is 0 Å². The molecule has 6 heteroatoms.